The van der Waals surface area contributed by atoms with Crippen molar-refractivity contribution in [2.24, 2.45) is 5.73 Å². The van der Waals surface area contributed by atoms with Gasteiger partial charge in [-0.25, -0.2) is 0 Å². The molecule has 0 aliphatic carbocycles. The van der Waals surface area contributed by atoms with Crippen molar-refractivity contribution in [3.8, 4) is 0 Å². The first-order chi connectivity index (χ1) is 17.0. The summed E-state index contributed by atoms with van der Waals surface area (Å²) in [6.45, 7) is 6.33. The van der Waals surface area contributed by atoms with Crippen LogP contribution in [0.1, 0.15) is 148 Å². The van der Waals surface area contributed by atoms with E-state index in [0.717, 1.165) is 51.4 Å². The molecule has 0 fully saturated rings. The summed E-state index contributed by atoms with van der Waals surface area (Å²) in [5.74, 6) is 0.146. The molecule has 0 spiro atoms. The highest BCUT2D eigenvalue weighted by Gasteiger charge is 2.10. The fourth-order valence-corrected chi connectivity index (χ4v) is 5.02. The minimum absolute atomic E-state index is 0.146. The van der Waals surface area contributed by atoms with E-state index >= 15 is 0 Å². The van der Waals surface area contributed by atoms with Gasteiger partial charge < -0.3 is 5.73 Å². The molecular weight excluding hydrogens is 461 g/mol. The topological polar surface area (TPSA) is 69.4 Å². The van der Waals surface area contributed by atoms with Crippen LogP contribution in [-0.2, 0) is 14.3 Å². The van der Waals surface area contributed by atoms with Crippen LogP contribution in [0, 0.1) is 0 Å². The van der Waals surface area contributed by atoms with Gasteiger partial charge >= 0.3 is 0 Å². The molecule has 0 unspecified atom stereocenters. The van der Waals surface area contributed by atoms with E-state index in [-0.39, 0.29) is 12.4 Å². The number of nitrogens with two attached hydrogens (primary N) is 1. The van der Waals surface area contributed by atoms with E-state index in [0.29, 0.717) is 26.0 Å². The molecule has 0 saturated carbocycles. The van der Waals surface area contributed by atoms with Gasteiger partial charge in [0.05, 0.1) is 19.0 Å². The summed E-state index contributed by atoms with van der Waals surface area (Å²) in [5.41, 5.74) is 4.91. The zero-order valence-electron chi connectivity index (χ0n) is 23.3. The van der Waals surface area contributed by atoms with Crippen LogP contribution in [0.25, 0.3) is 0 Å². The number of unbranched alkanes of at least 4 members (excludes halogenated alkanes) is 20. The zero-order valence-corrected chi connectivity index (χ0v) is 24.1. The average Bonchev–Trinajstić information content (AvgIpc) is 2.85. The molecule has 0 rings (SSSR count). The van der Waals surface area contributed by atoms with Crippen LogP contribution < -0.4 is 5.73 Å². The van der Waals surface area contributed by atoms with E-state index in [1.165, 1.54) is 77.0 Å². The maximum absolute atomic E-state index is 12.0. The Morgan fingerprint density at radius 3 is 1.37 bits per heavy atom. The highest BCUT2D eigenvalue weighted by atomic mass is 32.2. The smallest absolute Gasteiger partial charge is 0.267 e. The van der Waals surface area contributed by atoms with Gasteiger partial charge in [-0.2, -0.15) is 8.42 Å². The molecule has 6 heteroatoms. The molecule has 2 N–H and O–H groups in total. The van der Waals surface area contributed by atoms with E-state index in [2.05, 4.69) is 13.5 Å². The number of halogens is 1. The standard InChI is InChI=1S/C26H53FO3S.C3H7N/c1-2-3-4-5-6-7-8-9-10-11-13-16-19-22-25-30-31(28,29)26-23-20-17-14-12-15-18-21-24-27;1-2-3-4/h2-26H2,1H3;2H,1,3-4H2. The number of rotatable bonds is 27. The number of alkyl halides is 1. The fourth-order valence-electron chi connectivity index (χ4n) is 3.98. The molecule has 0 heterocycles. The van der Waals surface area contributed by atoms with Crippen molar-refractivity contribution in [3.05, 3.63) is 12.7 Å². The first-order valence-corrected chi connectivity index (χ1v) is 16.4. The van der Waals surface area contributed by atoms with Gasteiger partial charge in [0.25, 0.3) is 10.1 Å². The van der Waals surface area contributed by atoms with Gasteiger partial charge in [-0.3, -0.25) is 8.57 Å². The molecule has 212 valence electrons. The van der Waals surface area contributed by atoms with Crippen LogP contribution in [0.5, 0.6) is 0 Å². The molecule has 35 heavy (non-hydrogen) atoms. The van der Waals surface area contributed by atoms with Crippen molar-refractivity contribution in [3.63, 3.8) is 0 Å². The van der Waals surface area contributed by atoms with Crippen LogP contribution in [0.15, 0.2) is 12.7 Å². The van der Waals surface area contributed by atoms with E-state index < -0.39 is 10.1 Å². The summed E-state index contributed by atoms with van der Waals surface area (Å²) in [5, 5.41) is 0. The third-order valence-corrected chi connectivity index (χ3v) is 7.52. The average molecular weight is 522 g/mol. The maximum atomic E-state index is 12.0. The van der Waals surface area contributed by atoms with Crippen LogP contribution in [0.3, 0.4) is 0 Å². The summed E-state index contributed by atoms with van der Waals surface area (Å²) < 4.78 is 40.9. The molecule has 0 aromatic heterocycles. The quantitative estimate of drug-likeness (QED) is 0.0665. The second kappa shape index (κ2) is 31.6. The fraction of sp³-hybridized carbons (Fsp3) is 0.931. The molecule has 0 saturated heterocycles. The maximum Gasteiger partial charge on any atom is 0.267 e. The summed E-state index contributed by atoms with van der Waals surface area (Å²) >= 11 is 0. The van der Waals surface area contributed by atoms with Crippen LogP contribution in [0.2, 0.25) is 0 Å². The monoisotopic (exact) mass is 521 g/mol. The van der Waals surface area contributed by atoms with Crippen molar-refractivity contribution in [1.29, 1.82) is 0 Å². The molecule has 0 atom stereocenters. The largest absolute Gasteiger partial charge is 0.327 e. The predicted molar refractivity (Wildman–Crippen MR) is 152 cm³/mol. The Morgan fingerprint density at radius 2 is 1.00 bits per heavy atom. The molecule has 0 aliphatic rings. The van der Waals surface area contributed by atoms with Gasteiger partial charge in [0.15, 0.2) is 0 Å². The SMILES string of the molecule is C=CCN.CCCCCCCCCCCCCCCCOS(=O)(=O)CCCCCCCCCCF. The Labute approximate surface area is 219 Å². The highest BCUT2D eigenvalue weighted by molar-refractivity contribution is 7.86. The molecule has 0 aliphatic heterocycles. The van der Waals surface area contributed by atoms with Gasteiger partial charge in [0, 0.05) is 6.54 Å². The molecule has 0 aromatic carbocycles. The van der Waals surface area contributed by atoms with E-state index in [9.17, 15) is 12.8 Å². The Morgan fingerprint density at radius 1 is 0.657 bits per heavy atom. The Kier molecular flexibility index (Phi) is 33.1. The van der Waals surface area contributed by atoms with Crippen molar-refractivity contribution in [2.75, 3.05) is 25.6 Å². The van der Waals surface area contributed by atoms with Gasteiger partial charge in [-0.15, -0.1) is 6.58 Å². The third-order valence-electron chi connectivity index (χ3n) is 6.21. The highest BCUT2D eigenvalue weighted by Crippen LogP contribution is 2.14. The molecule has 0 amide bonds. The van der Waals surface area contributed by atoms with Crippen LogP contribution in [0.4, 0.5) is 4.39 Å². The van der Waals surface area contributed by atoms with Crippen LogP contribution in [-0.4, -0.2) is 34.0 Å². The second-order valence-electron chi connectivity index (χ2n) is 9.72. The zero-order chi connectivity index (χ0) is 26.3. The summed E-state index contributed by atoms with van der Waals surface area (Å²) in [6.07, 6.45) is 27.4. The molecule has 4 nitrogen and oxygen atoms in total. The van der Waals surface area contributed by atoms with Crippen molar-refractivity contribution in [1.82, 2.24) is 0 Å². The van der Waals surface area contributed by atoms with Gasteiger partial charge in [-0.05, 0) is 19.3 Å². The number of hydrogen-bond donors (Lipinski definition) is 1. The van der Waals surface area contributed by atoms with Gasteiger partial charge in [0.2, 0.25) is 0 Å². The first-order valence-electron chi connectivity index (χ1n) is 14.8. The molecular formula is C29H60FNO3S. The van der Waals surface area contributed by atoms with E-state index in [1.807, 2.05) is 0 Å². The molecule has 0 bridgehead atoms. The second-order valence-corrected chi connectivity index (χ2v) is 11.5. The van der Waals surface area contributed by atoms with Crippen LogP contribution >= 0.6 is 0 Å². The lowest BCUT2D eigenvalue weighted by Crippen LogP contribution is -2.11. The van der Waals surface area contributed by atoms with E-state index in [4.69, 9.17) is 9.92 Å². The Bertz CT molecular complexity index is 500. The molecule has 0 radical (unpaired) electrons. The van der Waals surface area contributed by atoms with Crippen molar-refractivity contribution < 1.29 is 17.0 Å². The Balaban J connectivity index is 0. The summed E-state index contributed by atoms with van der Waals surface area (Å²) in [6, 6.07) is 0. The third kappa shape index (κ3) is 35.8. The first kappa shape index (κ1) is 36.7. The Hall–Kier alpha value is -0.460. The summed E-state index contributed by atoms with van der Waals surface area (Å²) in [7, 11) is -3.35. The minimum Gasteiger partial charge on any atom is -0.327 e. The lowest BCUT2D eigenvalue weighted by molar-refractivity contribution is 0.305. The lowest BCUT2D eigenvalue weighted by Gasteiger charge is -2.06. The minimum atomic E-state index is -3.35. The predicted octanol–water partition coefficient (Wildman–Crippen LogP) is 9.04. The van der Waals surface area contributed by atoms with Crippen molar-refractivity contribution in [2.45, 2.75) is 148 Å². The summed E-state index contributed by atoms with van der Waals surface area (Å²) in [4.78, 5) is 0. The normalized spacial score (nSPS) is 11.3. The number of hydrogen-bond acceptors (Lipinski definition) is 4. The molecule has 0 aromatic rings. The van der Waals surface area contributed by atoms with Gasteiger partial charge in [-0.1, -0.05) is 135 Å². The van der Waals surface area contributed by atoms with E-state index in [1.54, 1.807) is 6.08 Å². The van der Waals surface area contributed by atoms with Gasteiger partial charge in [0.1, 0.15) is 0 Å². The van der Waals surface area contributed by atoms with Crippen molar-refractivity contribution >= 4 is 10.1 Å². The lowest BCUT2D eigenvalue weighted by atomic mass is 10.0.